The molecule has 1 N–H and O–H groups in total. The summed E-state index contributed by atoms with van der Waals surface area (Å²) in [5.74, 6) is 0.408. The Balaban J connectivity index is 0.000000181. The van der Waals surface area contributed by atoms with Gasteiger partial charge in [0.25, 0.3) is 0 Å². The Kier molecular flexibility index (Phi) is 6.82. The van der Waals surface area contributed by atoms with Gasteiger partial charge < -0.3 is 10.0 Å². The third-order valence-corrected chi connectivity index (χ3v) is 3.15. The van der Waals surface area contributed by atoms with Gasteiger partial charge in [-0.05, 0) is 50.5 Å². The van der Waals surface area contributed by atoms with Gasteiger partial charge in [-0.25, -0.2) is 4.39 Å². The number of hydrogen-bond donors (Lipinski definition) is 1. The summed E-state index contributed by atoms with van der Waals surface area (Å²) in [5, 5.41) is 8.83. The topological polar surface area (TPSA) is 23.5 Å². The molecule has 1 fully saturated rings. The van der Waals surface area contributed by atoms with E-state index in [0.29, 0.717) is 12.5 Å². The molecule has 1 aromatic rings. The molecule has 2 rings (SSSR count). The van der Waals surface area contributed by atoms with E-state index in [0.717, 1.165) is 6.54 Å². The second kappa shape index (κ2) is 8.20. The lowest BCUT2D eigenvalue weighted by Crippen LogP contribution is -2.34. The van der Waals surface area contributed by atoms with Crippen molar-refractivity contribution in [3.05, 3.63) is 36.1 Å². The maximum Gasteiger partial charge on any atom is 0.123 e. The van der Waals surface area contributed by atoms with E-state index in [4.69, 9.17) is 5.11 Å². The van der Waals surface area contributed by atoms with Crippen LogP contribution in [0.2, 0.25) is 0 Å². The fourth-order valence-corrected chi connectivity index (χ4v) is 1.90. The zero-order valence-corrected chi connectivity index (χ0v) is 10.5. The van der Waals surface area contributed by atoms with Crippen molar-refractivity contribution >= 4 is 0 Å². The molecule has 0 amide bonds. The molecule has 0 aromatic heterocycles. The minimum atomic E-state index is -0.178. The fourth-order valence-electron chi connectivity index (χ4n) is 1.90. The number of aliphatic hydroxyl groups is 1. The molecule has 96 valence electrons. The second-order valence-electron chi connectivity index (χ2n) is 4.36. The lowest BCUT2D eigenvalue weighted by Gasteiger charge is -2.29. The van der Waals surface area contributed by atoms with Gasteiger partial charge in [0.2, 0.25) is 0 Å². The van der Waals surface area contributed by atoms with Gasteiger partial charge in [-0.3, -0.25) is 0 Å². The maximum atomic E-state index is 11.9. The minimum absolute atomic E-state index is 0.178. The van der Waals surface area contributed by atoms with Crippen LogP contribution in [0.4, 0.5) is 4.39 Å². The summed E-state index contributed by atoms with van der Waals surface area (Å²) < 4.78 is 11.9. The van der Waals surface area contributed by atoms with Crippen molar-refractivity contribution in [2.45, 2.75) is 19.8 Å². The van der Waals surface area contributed by atoms with Crippen LogP contribution in [-0.2, 0) is 0 Å². The van der Waals surface area contributed by atoms with Crippen LogP contribution in [0.25, 0.3) is 0 Å². The molecule has 0 unspecified atom stereocenters. The van der Waals surface area contributed by atoms with E-state index >= 15 is 0 Å². The van der Waals surface area contributed by atoms with E-state index in [1.54, 1.807) is 18.2 Å². The molecule has 0 saturated carbocycles. The molecule has 0 aliphatic carbocycles. The van der Waals surface area contributed by atoms with E-state index in [9.17, 15) is 4.39 Å². The highest BCUT2D eigenvalue weighted by Gasteiger charge is 2.16. The highest BCUT2D eigenvalue weighted by atomic mass is 19.1. The normalized spacial score (nSPS) is 17.4. The van der Waals surface area contributed by atoms with Crippen molar-refractivity contribution in [1.82, 2.24) is 4.90 Å². The molecule has 2 nitrogen and oxygen atoms in total. The zero-order chi connectivity index (χ0) is 12.5. The maximum absolute atomic E-state index is 11.9. The monoisotopic (exact) mass is 239 g/mol. The highest BCUT2D eigenvalue weighted by Crippen LogP contribution is 2.15. The molecule has 1 heterocycles. The van der Waals surface area contributed by atoms with Gasteiger partial charge in [-0.1, -0.05) is 25.1 Å². The lowest BCUT2D eigenvalue weighted by molar-refractivity contribution is 0.135. The highest BCUT2D eigenvalue weighted by molar-refractivity contribution is 5.02. The molecule has 3 heteroatoms. The van der Waals surface area contributed by atoms with Crippen molar-refractivity contribution in [2.75, 3.05) is 26.2 Å². The van der Waals surface area contributed by atoms with E-state index in [1.165, 1.54) is 38.1 Å². The Morgan fingerprint density at radius 3 is 2.18 bits per heavy atom. The van der Waals surface area contributed by atoms with Gasteiger partial charge in [0.15, 0.2) is 0 Å². The van der Waals surface area contributed by atoms with E-state index in [1.807, 2.05) is 0 Å². The largest absolute Gasteiger partial charge is 0.396 e. The van der Waals surface area contributed by atoms with Gasteiger partial charge in [0.1, 0.15) is 5.82 Å². The standard InChI is InChI=1S/C8H17NO.C6H5F/c1-2-9-5-3-8(7-10)4-6-9;7-6-4-2-1-3-5-6/h8,10H,2-7H2,1H3;1-5H. The summed E-state index contributed by atoms with van der Waals surface area (Å²) in [6, 6.07) is 7.94. The SMILES string of the molecule is CCN1CCC(CO)CC1.Fc1ccccc1. The Labute approximate surface area is 103 Å². The number of halogens is 1. The molecule has 1 aromatic carbocycles. The Hall–Kier alpha value is -0.930. The van der Waals surface area contributed by atoms with Crippen molar-refractivity contribution < 1.29 is 9.50 Å². The van der Waals surface area contributed by atoms with Crippen molar-refractivity contribution in [2.24, 2.45) is 5.92 Å². The van der Waals surface area contributed by atoms with Crippen molar-refractivity contribution in [1.29, 1.82) is 0 Å². The molecular weight excluding hydrogens is 217 g/mol. The van der Waals surface area contributed by atoms with Gasteiger partial charge in [-0.2, -0.15) is 0 Å². The van der Waals surface area contributed by atoms with Gasteiger partial charge in [0, 0.05) is 6.61 Å². The van der Waals surface area contributed by atoms with Gasteiger partial charge in [-0.15, -0.1) is 0 Å². The first-order chi connectivity index (χ1) is 8.26. The van der Waals surface area contributed by atoms with Crippen molar-refractivity contribution in [3.63, 3.8) is 0 Å². The third-order valence-electron chi connectivity index (χ3n) is 3.15. The molecule has 17 heavy (non-hydrogen) atoms. The molecule has 0 atom stereocenters. The first-order valence-electron chi connectivity index (χ1n) is 6.30. The molecular formula is C14H22FNO. The quantitative estimate of drug-likeness (QED) is 0.857. The number of hydrogen-bond acceptors (Lipinski definition) is 2. The van der Waals surface area contributed by atoms with Crippen LogP contribution >= 0.6 is 0 Å². The Morgan fingerprint density at radius 1 is 1.24 bits per heavy atom. The number of piperidine rings is 1. The first-order valence-corrected chi connectivity index (χ1v) is 6.30. The van der Waals surface area contributed by atoms with Crippen LogP contribution in [0.3, 0.4) is 0 Å². The third kappa shape index (κ3) is 5.80. The second-order valence-corrected chi connectivity index (χ2v) is 4.36. The van der Waals surface area contributed by atoms with Gasteiger partial charge in [0.05, 0.1) is 0 Å². The summed E-state index contributed by atoms with van der Waals surface area (Å²) in [5.41, 5.74) is 0. The number of nitrogens with zero attached hydrogens (tertiary/aromatic N) is 1. The predicted octanol–water partition coefficient (Wildman–Crippen LogP) is 2.54. The number of aliphatic hydroxyl groups excluding tert-OH is 1. The number of rotatable bonds is 2. The molecule has 0 spiro atoms. The molecule has 1 aliphatic rings. The minimum Gasteiger partial charge on any atom is -0.396 e. The van der Waals surface area contributed by atoms with Crippen LogP contribution in [0.1, 0.15) is 19.8 Å². The average molecular weight is 239 g/mol. The molecule has 0 bridgehead atoms. The lowest BCUT2D eigenvalue weighted by atomic mass is 9.98. The Bertz CT molecular complexity index is 272. The fraction of sp³-hybridized carbons (Fsp3) is 0.571. The van der Waals surface area contributed by atoms with Crippen LogP contribution in [-0.4, -0.2) is 36.2 Å². The van der Waals surface area contributed by atoms with Crippen molar-refractivity contribution in [3.8, 4) is 0 Å². The van der Waals surface area contributed by atoms with E-state index in [2.05, 4.69) is 11.8 Å². The number of benzene rings is 1. The van der Waals surface area contributed by atoms with Crippen LogP contribution in [0.15, 0.2) is 30.3 Å². The van der Waals surface area contributed by atoms with E-state index < -0.39 is 0 Å². The summed E-state index contributed by atoms with van der Waals surface area (Å²) in [6.45, 7) is 6.11. The summed E-state index contributed by atoms with van der Waals surface area (Å²) in [6.07, 6.45) is 2.37. The average Bonchev–Trinajstić information content (AvgIpc) is 2.40. The van der Waals surface area contributed by atoms with Crippen LogP contribution in [0.5, 0.6) is 0 Å². The summed E-state index contributed by atoms with van der Waals surface area (Å²) >= 11 is 0. The first kappa shape index (κ1) is 14.1. The van der Waals surface area contributed by atoms with Crippen LogP contribution in [0, 0.1) is 11.7 Å². The zero-order valence-electron chi connectivity index (χ0n) is 10.5. The molecule has 0 radical (unpaired) electrons. The van der Waals surface area contributed by atoms with Gasteiger partial charge >= 0.3 is 0 Å². The summed E-state index contributed by atoms with van der Waals surface area (Å²) in [7, 11) is 0. The summed E-state index contributed by atoms with van der Waals surface area (Å²) in [4.78, 5) is 2.44. The molecule has 1 aliphatic heterocycles. The Morgan fingerprint density at radius 2 is 1.82 bits per heavy atom. The smallest absolute Gasteiger partial charge is 0.123 e. The molecule has 1 saturated heterocycles. The predicted molar refractivity (Wildman–Crippen MR) is 68.3 cm³/mol. The van der Waals surface area contributed by atoms with Crippen LogP contribution < -0.4 is 0 Å². The van der Waals surface area contributed by atoms with E-state index in [-0.39, 0.29) is 5.82 Å². The number of likely N-dealkylation sites (tertiary alicyclic amines) is 1.